The summed E-state index contributed by atoms with van der Waals surface area (Å²) in [4.78, 5) is 16.3. The summed E-state index contributed by atoms with van der Waals surface area (Å²) in [7, 11) is 0. The number of aryl methyl sites for hydroxylation is 1. The van der Waals surface area contributed by atoms with Crippen molar-refractivity contribution in [3.8, 4) is 5.82 Å². The van der Waals surface area contributed by atoms with Crippen molar-refractivity contribution in [3.05, 3.63) is 71.4 Å². The van der Waals surface area contributed by atoms with Crippen LogP contribution in [0.15, 0.2) is 48.7 Å². The van der Waals surface area contributed by atoms with Crippen molar-refractivity contribution in [3.63, 3.8) is 0 Å². The first-order chi connectivity index (χ1) is 12.5. The van der Waals surface area contributed by atoms with Crippen molar-refractivity contribution in [1.82, 2.24) is 20.1 Å². The first kappa shape index (κ1) is 17.6. The molecule has 0 atom stereocenters. The van der Waals surface area contributed by atoms with E-state index in [0.29, 0.717) is 18.7 Å². The fourth-order valence-electron chi connectivity index (χ4n) is 2.75. The van der Waals surface area contributed by atoms with Gasteiger partial charge in [0.25, 0.3) is 0 Å². The molecule has 2 amide bonds. The number of halogens is 1. The van der Waals surface area contributed by atoms with Crippen molar-refractivity contribution in [2.24, 2.45) is 0 Å². The maximum absolute atomic E-state index is 12.9. The monoisotopic (exact) mass is 353 g/mol. The van der Waals surface area contributed by atoms with Crippen LogP contribution in [0, 0.1) is 19.7 Å². The molecule has 0 unspecified atom stereocenters. The Morgan fingerprint density at radius 1 is 1.15 bits per heavy atom. The Morgan fingerprint density at radius 3 is 2.62 bits per heavy atom. The number of benzene rings is 1. The van der Waals surface area contributed by atoms with Crippen molar-refractivity contribution in [2.75, 3.05) is 11.9 Å². The van der Waals surface area contributed by atoms with Gasteiger partial charge in [0.15, 0.2) is 5.82 Å². The number of anilines is 1. The number of rotatable bonds is 5. The number of hydrogen-bond donors (Lipinski definition) is 2. The number of nitrogens with zero attached hydrogens (tertiary/aromatic N) is 3. The van der Waals surface area contributed by atoms with E-state index in [-0.39, 0.29) is 11.8 Å². The SMILES string of the molecule is Cc1nn(-c2ccccn2)c(C)c1CCNC(=O)Nc1ccc(F)cc1. The van der Waals surface area contributed by atoms with Crippen LogP contribution in [-0.2, 0) is 6.42 Å². The Labute approximate surface area is 151 Å². The predicted molar refractivity (Wildman–Crippen MR) is 98.0 cm³/mol. The van der Waals surface area contributed by atoms with Crippen LogP contribution in [0.5, 0.6) is 0 Å². The highest BCUT2D eigenvalue weighted by atomic mass is 19.1. The van der Waals surface area contributed by atoms with E-state index in [0.717, 1.165) is 22.8 Å². The minimum atomic E-state index is -0.341. The van der Waals surface area contributed by atoms with Crippen molar-refractivity contribution < 1.29 is 9.18 Å². The highest BCUT2D eigenvalue weighted by molar-refractivity contribution is 5.89. The molecule has 3 aromatic rings. The first-order valence-electron chi connectivity index (χ1n) is 8.31. The van der Waals surface area contributed by atoms with Crippen LogP contribution in [0.25, 0.3) is 5.82 Å². The van der Waals surface area contributed by atoms with Gasteiger partial charge in [0.2, 0.25) is 0 Å². The molecule has 0 saturated heterocycles. The van der Waals surface area contributed by atoms with Gasteiger partial charge < -0.3 is 10.6 Å². The van der Waals surface area contributed by atoms with Crippen LogP contribution in [0.2, 0.25) is 0 Å². The van der Waals surface area contributed by atoms with E-state index in [1.807, 2.05) is 36.7 Å². The molecule has 3 rings (SSSR count). The molecular formula is C19H20FN5O. The second-order valence-corrected chi connectivity index (χ2v) is 5.89. The van der Waals surface area contributed by atoms with E-state index >= 15 is 0 Å². The Hall–Kier alpha value is -3.22. The normalized spacial score (nSPS) is 10.6. The summed E-state index contributed by atoms with van der Waals surface area (Å²) in [5.41, 5.74) is 3.54. The third-order valence-electron chi connectivity index (χ3n) is 4.07. The first-order valence-corrected chi connectivity index (χ1v) is 8.31. The molecule has 0 spiro atoms. The molecular weight excluding hydrogens is 333 g/mol. The van der Waals surface area contributed by atoms with E-state index in [9.17, 15) is 9.18 Å². The van der Waals surface area contributed by atoms with Crippen LogP contribution in [0.1, 0.15) is 17.0 Å². The fraction of sp³-hybridized carbons (Fsp3) is 0.211. The number of nitrogens with one attached hydrogen (secondary N) is 2. The molecule has 7 heteroatoms. The zero-order valence-corrected chi connectivity index (χ0v) is 14.7. The number of aromatic nitrogens is 3. The molecule has 0 fully saturated rings. The third kappa shape index (κ3) is 4.05. The molecule has 26 heavy (non-hydrogen) atoms. The molecule has 1 aromatic carbocycles. The minimum Gasteiger partial charge on any atom is -0.338 e. The Kier molecular flexibility index (Phi) is 5.26. The zero-order valence-electron chi connectivity index (χ0n) is 14.7. The van der Waals surface area contributed by atoms with Crippen molar-refractivity contribution in [1.29, 1.82) is 0 Å². The van der Waals surface area contributed by atoms with Crippen molar-refractivity contribution in [2.45, 2.75) is 20.3 Å². The van der Waals surface area contributed by atoms with Crippen LogP contribution >= 0.6 is 0 Å². The summed E-state index contributed by atoms with van der Waals surface area (Å²) >= 11 is 0. The van der Waals surface area contributed by atoms with Crippen LogP contribution < -0.4 is 10.6 Å². The van der Waals surface area contributed by atoms with E-state index in [1.54, 1.807) is 6.20 Å². The van der Waals surface area contributed by atoms with E-state index in [1.165, 1.54) is 24.3 Å². The number of carbonyl (C=O) groups excluding carboxylic acids is 1. The van der Waals surface area contributed by atoms with Gasteiger partial charge in [-0.15, -0.1) is 0 Å². The lowest BCUT2D eigenvalue weighted by Gasteiger charge is -2.08. The largest absolute Gasteiger partial charge is 0.338 e. The number of amides is 2. The van der Waals surface area contributed by atoms with E-state index < -0.39 is 0 Å². The molecule has 2 N–H and O–H groups in total. The maximum atomic E-state index is 12.9. The zero-order chi connectivity index (χ0) is 18.5. The lowest BCUT2D eigenvalue weighted by Crippen LogP contribution is -2.30. The van der Waals surface area contributed by atoms with Crippen LogP contribution in [-0.4, -0.2) is 27.3 Å². The van der Waals surface area contributed by atoms with Gasteiger partial charge in [0.05, 0.1) is 5.69 Å². The van der Waals surface area contributed by atoms with Crippen molar-refractivity contribution >= 4 is 11.7 Å². The Morgan fingerprint density at radius 2 is 1.92 bits per heavy atom. The molecule has 134 valence electrons. The maximum Gasteiger partial charge on any atom is 0.319 e. The molecule has 0 bridgehead atoms. The summed E-state index contributed by atoms with van der Waals surface area (Å²) in [6.45, 7) is 4.39. The summed E-state index contributed by atoms with van der Waals surface area (Å²) in [5, 5.41) is 10.0. The summed E-state index contributed by atoms with van der Waals surface area (Å²) in [6, 6.07) is 11.0. The molecule has 0 saturated carbocycles. The summed E-state index contributed by atoms with van der Waals surface area (Å²) in [6.07, 6.45) is 2.38. The van der Waals surface area contributed by atoms with E-state index in [2.05, 4.69) is 20.7 Å². The van der Waals surface area contributed by atoms with Gasteiger partial charge in [-0.05, 0) is 62.2 Å². The lowest BCUT2D eigenvalue weighted by molar-refractivity contribution is 0.252. The quantitative estimate of drug-likeness (QED) is 0.738. The fourth-order valence-corrected chi connectivity index (χ4v) is 2.75. The Balaban J connectivity index is 1.59. The van der Waals surface area contributed by atoms with Crippen LogP contribution in [0.3, 0.4) is 0 Å². The predicted octanol–water partition coefficient (Wildman–Crippen LogP) is 3.39. The molecule has 2 aromatic heterocycles. The number of carbonyl (C=O) groups is 1. The van der Waals surface area contributed by atoms with Gasteiger partial charge in [0.1, 0.15) is 5.82 Å². The Bertz CT molecular complexity index is 890. The molecule has 0 aliphatic heterocycles. The average Bonchev–Trinajstić information content (AvgIpc) is 2.92. The standard InChI is InChI=1S/C19H20FN5O/c1-13-17(14(2)25(24-13)18-5-3-4-11-21-18)10-12-22-19(26)23-16-8-6-15(20)7-9-16/h3-9,11H,10,12H2,1-2H3,(H2,22,23,26). The molecule has 6 nitrogen and oxygen atoms in total. The highest BCUT2D eigenvalue weighted by Gasteiger charge is 2.13. The average molecular weight is 353 g/mol. The number of pyridine rings is 1. The highest BCUT2D eigenvalue weighted by Crippen LogP contribution is 2.17. The second kappa shape index (κ2) is 7.77. The van der Waals surface area contributed by atoms with Gasteiger partial charge in [0, 0.05) is 24.1 Å². The summed E-state index contributed by atoms with van der Waals surface area (Å²) in [5.74, 6) is 0.424. The third-order valence-corrected chi connectivity index (χ3v) is 4.07. The molecule has 0 aliphatic rings. The smallest absolute Gasteiger partial charge is 0.319 e. The topological polar surface area (TPSA) is 71.8 Å². The van der Waals surface area contributed by atoms with Gasteiger partial charge in [-0.1, -0.05) is 6.07 Å². The summed E-state index contributed by atoms with van der Waals surface area (Å²) < 4.78 is 14.7. The lowest BCUT2D eigenvalue weighted by atomic mass is 10.1. The second-order valence-electron chi connectivity index (χ2n) is 5.89. The van der Waals surface area contributed by atoms with Gasteiger partial charge >= 0.3 is 6.03 Å². The number of hydrogen-bond acceptors (Lipinski definition) is 3. The van der Waals surface area contributed by atoms with E-state index in [4.69, 9.17) is 0 Å². The molecule has 0 radical (unpaired) electrons. The minimum absolute atomic E-state index is 0.330. The van der Waals surface area contributed by atoms with Gasteiger partial charge in [-0.3, -0.25) is 0 Å². The molecule has 0 aliphatic carbocycles. The van der Waals surface area contributed by atoms with Gasteiger partial charge in [-0.2, -0.15) is 5.10 Å². The number of urea groups is 1. The van der Waals surface area contributed by atoms with Crippen LogP contribution in [0.4, 0.5) is 14.9 Å². The molecule has 2 heterocycles. The van der Waals surface area contributed by atoms with Gasteiger partial charge in [-0.25, -0.2) is 18.9 Å².